The Bertz CT molecular complexity index is 901. The van der Waals surface area contributed by atoms with Crippen LogP contribution < -0.4 is 14.8 Å². The molecule has 8 heteroatoms. The minimum atomic E-state index is 0.476. The number of tetrazole rings is 1. The second-order valence-electron chi connectivity index (χ2n) is 6.54. The van der Waals surface area contributed by atoms with Crippen molar-refractivity contribution in [2.24, 2.45) is 0 Å². The van der Waals surface area contributed by atoms with Gasteiger partial charge in [-0.05, 0) is 63.0 Å². The average Bonchev–Trinajstić information content (AvgIpc) is 3.18. The van der Waals surface area contributed by atoms with E-state index in [1.54, 1.807) is 4.68 Å². The first kappa shape index (κ1) is 21.1. The Kier molecular flexibility index (Phi) is 7.86. The number of benzene rings is 2. The fourth-order valence-corrected chi connectivity index (χ4v) is 3.43. The number of ether oxygens (including phenoxy) is 2. The summed E-state index contributed by atoms with van der Waals surface area (Å²) in [5, 5.41) is 15.2. The lowest BCUT2D eigenvalue weighted by molar-refractivity contribution is 0.267. The van der Waals surface area contributed by atoms with Gasteiger partial charge in [-0.15, -0.1) is 0 Å². The topological polar surface area (TPSA) is 74.1 Å². The number of nitrogens with zero attached hydrogens (tertiary/aromatic N) is 4. The lowest BCUT2D eigenvalue weighted by atomic mass is 10.2. The van der Waals surface area contributed by atoms with Crippen molar-refractivity contribution in [2.45, 2.75) is 46.4 Å². The van der Waals surface area contributed by atoms with Crippen molar-refractivity contribution >= 4 is 21.9 Å². The number of aromatic nitrogens is 4. The molecule has 0 aliphatic carbocycles. The summed E-state index contributed by atoms with van der Waals surface area (Å²) in [7, 11) is 0. The first-order valence-corrected chi connectivity index (χ1v) is 10.6. The smallest absolute Gasteiger partial charge is 0.243 e. The summed E-state index contributed by atoms with van der Waals surface area (Å²) in [6.07, 6.45) is 2.13. The quantitative estimate of drug-likeness (QED) is 0.442. The summed E-state index contributed by atoms with van der Waals surface area (Å²) >= 11 is 3.63. The largest absolute Gasteiger partial charge is 0.490 e. The van der Waals surface area contributed by atoms with Crippen molar-refractivity contribution in [1.82, 2.24) is 20.2 Å². The fraction of sp³-hybridized carbons (Fsp3) is 0.381. The van der Waals surface area contributed by atoms with Crippen molar-refractivity contribution in [3.63, 3.8) is 0 Å². The van der Waals surface area contributed by atoms with Gasteiger partial charge in [-0.2, -0.15) is 0 Å². The number of nitrogens with one attached hydrogen (secondary N) is 1. The van der Waals surface area contributed by atoms with Crippen LogP contribution in [0.1, 0.15) is 37.8 Å². The van der Waals surface area contributed by atoms with Gasteiger partial charge in [0.25, 0.3) is 0 Å². The Morgan fingerprint density at radius 3 is 2.66 bits per heavy atom. The maximum absolute atomic E-state index is 6.05. The van der Waals surface area contributed by atoms with Crippen LogP contribution in [-0.4, -0.2) is 26.8 Å². The van der Waals surface area contributed by atoms with Gasteiger partial charge in [0.2, 0.25) is 5.95 Å². The zero-order valence-electron chi connectivity index (χ0n) is 16.8. The van der Waals surface area contributed by atoms with Crippen LogP contribution in [0.5, 0.6) is 11.5 Å². The predicted octanol–water partition coefficient (Wildman–Crippen LogP) is 4.83. The molecule has 0 unspecified atom stereocenters. The van der Waals surface area contributed by atoms with Crippen molar-refractivity contribution in [1.29, 1.82) is 0 Å². The van der Waals surface area contributed by atoms with E-state index in [1.807, 2.05) is 49.4 Å². The molecule has 0 bridgehead atoms. The third-order valence-corrected chi connectivity index (χ3v) is 4.89. The van der Waals surface area contributed by atoms with Crippen LogP contribution in [0, 0.1) is 0 Å². The molecule has 0 atom stereocenters. The van der Waals surface area contributed by atoms with Crippen LogP contribution in [0.25, 0.3) is 0 Å². The van der Waals surface area contributed by atoms with E-state index in [9.17, 15) is 0 Å². The number of rotatable bonds is 11. The Morgan fingerprint density at radius 1 is 1.07 bits per heavy atom. The molecule has 2 aromatic carbocycles. The van der Waals surface area contributed by atoms with Gasteiger partial charge >= 0.3 is 0 Å². The molecule has 1 aromatic heterocycles. The molecule has 0 radical (unpaired) electrons. The zero-order valence-corrected chi connectivity index (χ0v) is 18.4. The third kappa shape index (κ3) is 5.93. The molecule has 7 nitrogen and oxygen atoms in total. The van der Waals surface area contributed by atoms with Gasteiger partial charge in [-0.25, -0.2) is 4.68 Å². The molecule has 0 saturated heterocycles. The van der Waals surface area contributed by atoms with Gasteiger partial charge in [0.15, 0.2) is 11.5 Å². The summed E-state index contributed by atoms with van der Waals surface area (Å²) in [4.78, 5) is 0. The van der Waals surface area contributed by atoms with Crippen molar-refractivity contribution < 1.29 is 9.47 Å². The zero-order chi connectivity index (χ0) is 20.5. The van der Waals surface area contributed by atoms with E-state index in [0.29, 0.717) is 37.2 Å². The molecule has 3 aromatic rings. The number of hydrogen-bond acceptors (Lipinski definition) is 6. The van der Waals surface area contributed by atoms with Gasteiger partial charge in [-0.3, -0.25) is 0 Å². The molecule has 3 rings (SSSR count). The molecule has 1 heterocycles. The van der Waals surface area contributed by atoms with Crippen molar-refractivity contribution in [3.8, 4) is 11.5 Å². The highest BCUT2D eigenvalue weighted by Gasteiger charge is 2.13. The van der Waals surface area contributed by atoms with E-state index in [2.05, 4.69) is 43.7 Å². The van der Waals surface area contributed by atoms with Crippen LogP contribution >= 0.6 is 15.9 Å². The van der Waals surface area contributed by atoms with Crippen LogP contribution in [0.2, 0.25) is 0 Å². The Labute approximate surface area is 179 Å². The molecule has 0 amide bonds. The standard InChI is InChI=1S/C21H26BrN5O2/c1-3-5-11-27-21(24-25-26-27)23-14-17-12-18(22)20(19(13-17)28-4-2)29-15-16-9-7-6-8-10-16/h6-10,12-13H,3-5,11,14-15H2,1-2H3,(H,23,24,26). The van der Waals surface area contributed by atoms with E-state index < -0.39 is 0 Å². The van der Waals surface area contributed by atoms with Gasteiger partial charge in [0, 0.05) is 13.1 Å². The minimum absolute atomic E-state index is 0.476. The van der Waals surface area contributed by atoms with Gasteiger partial charge in [0.05, 0.1) is 11.1 Å². The summed E-state index contributed by atoms with van der Waals surface area (Å²) in [5.74, 6) is 2.07. The molecule has 0 fully saturated rings. The van der Waals surface area contributed by atoms with Crippen LogP contribution in [-0.2, 0) is 19.7 Å². The average molecular weight is 460 g/mol. The molecule has 154 valence electrons. The number of aryl methyl sites for hydroxylation is 1. The van der Waals surface area contributed by atoms with Crippen LogP contribution in [0.3, 0.4) is 0 Å². The van der Waals surface area contributed by atoms with Crippen LogP contribution in [0.15, 0.2) is 46.9 Å². The van der Waals surface area contributed by atoms with E-state index in [4.69, 9.17) is 9.47 Å². The Hall–Kier alpha value is -2.61. The van der Waals surface area contributed by atoms with Gasteiger partial charge < -0.3 is 14.8 Å². The number of halogens is 1. The number of unbranched alkanes of at least 4 members (excludes halogenated alkanes) is 1. The molecule has 0 aliphatic heterocycles. The predicted molar refractivity (Wildman–Crippen MR) is 116 cm³/mol. The van der Waals surface area contributed by atoms with Crippen molar-refractivity contribution in [3.05, 3.63) is 58.1 Å². The molecule has 1 N–H and O–H groups in total. The highest BCUT2D eigenvalue weighted by atomic mass is 79.9. The molecule has 0 aliphatic rings. The maximum atomic E-state index is 6.05. The van der Waals surface area contributed by atoms with Crippen LogP contribution in [0.4, 0.5) is 5.95 Å². The first-order chi connectivity index (χ1) is 14.2. The molecule has 0 saturated carbocycles. The number of hydrogen-bond donors (Lipinski definition) is 1. The Balaban J connectivity index is 1.71. The summed E-state index contributed by atoms with van der Waals surface area (Å²) in [6.45, 7) is 6.51. The Morgan fingerprint density at radius 2 is 1.90 bits per heavy atom. The van der Waals surface area contributed by atoms with E-state index in [0.717, 1.165) is 35.0 Å². The summed E-state index contributed by atoms with van der Waals surface area (Å²) in [6, 6.07) is 14.1. The van der Waals surface area contributed by atoms with Gasteiger partial charge in [0.1, 0.15) is 6.61 Å². The molecule has 29 heavy (non-hydrogen) atoms. The fourth-order valence-electron chi connectivity index (χ4n) is 2.83. The second kappa shape index (κ2) is 10.8. The van der Waals surface area contributed by atoms with Gasteiger partial charge in [-0.1, -0.05) is 48.8 Å². The van der Waals surface area contributed by atoms with E-state index in [-0.39, 0.29) is 0 Å². The van der Waals surface area contributed by atoms with Crippen molar-refractivity contribution in [2.75, 3.05) is 11.9 Å². The lowest BCUT2D eigenvalue weighted by Gasteiger charge is -2.16. The summed E-state index contributed by atoms with van der Waals surface area (Å²) < 4.78 is 14.5. The summed E-state index contributed by atoms with van der Waals surface area (Å²) in [5.41, 5.74) is 2.14. The highest BCUT2D eigenvalue weighted by Crippen LogP contribution is 2.37. The molecule has 0 spiro atoms. The second-order valence-corrected chi connectivity index (χ2v) is 7.40. The molecular weight excluding hydrogens is 434 g/mol. The number of anilines is 1. The maximum Gasteiger partial charge on any atom is 0.243 e. The highest BCUT2D eigenvalue weighted by molar-refractivity contribution is 9.10. The lowest BCUT2D eigenvalue weighted by Crippen LogP contribution is -2.09. The van der Waals surface area contributed by atoms with E-state index in [1.165, 1.54) is 0 Å². The monoisotopic (exact) mass is 459 g/mol. The molecular formula is C21H26BrN5O2. The first-order valence-electron chi connectivity index (χ1n) is 9.83. The van der Waals surface area contributed by atoms with E-state index >= 15 is 0 Å². The third-order valence-electron chi connectivity index (χ3n) is 4.30. The SMILES string of the molecule is CCCCn1nnnc1NCc1cc(Br)c(OCc2ccccc2)c(OCC)c1. The normalized spacial score (nSPS) is 10.7. The minimum Gasteiger partial charge on any atom is -0.490 e.